The molecule has 0 aromatic carbocycles. The predicted molar refractivity (Wildman–Crippen MR) is 55.0 cm³/mol. The average molecular weight is 186 g/mol. The van der Waals surface area contributed by atoms with Crippen molar-refractivity contribution < 1.29 is 4.74 Å². The molecule has 0 atom stereocenters. The Bertz CT molecular complexity index is 131. The molecule has 0 aromatic rings. The number of rotatable bonds is 4. The summed E-state index contributed by atoms with van der Waals surface area (Å²) in [5.74, 6) is 0. The zero-order valence-electron chi connectivity index (χ0n) is 9.12. The van der Waals surface area contributed by atoms with Crippen LogP contribution >= 0.6 is 0 Å². The fourth-order valence-corrected chi connectivity index (χ4v) is 1.71. The minimum atomic E-state index is 0.510. The average Bonchev–Trinajstić information content (AvgIpc) is 2.15. The highest BCUT2D eigenvalue weighted by Crippen LogP contribution is 2.11. The number of likely N-dealkylation sites (N-methyl/N-ethyl adjacent to an activating group) is 1. The van der Waals surface area contributed by atoms with E-state index in [9.17, 15) is 0 Å². The van der Waals surface area contributed by atoms with E-state index in [-0.39, 0.29) is 0 Å². The number of nitrogens with zero attached hydrogens (tertiary/aromatic N) is 2. The van der Waals surface area contributed by atoms with Gasteiger partial charge in [-0.25, -0.2) is 0 Å². The van der Waals surface area contributed by atoms with Crippen LogP contribution in [-0.4, -0.2) is 63.3 Å². The summed E-state index contributed by atoms with van der Waals surface area (Å²) in [7, 11) is 6.07. The van der Waals surface area contributed by atoms with Crippen LogP contribution in [0.1, 0.15) is 12.8 Å². The molecule has 0 N–H and O–H groups in total. The highest BCUT2D eigenvalue weighted by molar-refractivity contribution is 4.72. The highest BCUT2D eigenvalue weighted by Gasteiger charge is 2.17. The molecule has 0 bridgehead atoms. The maximum atomic E-state index is 5.33. The molecule has 13 heavy (non-hydrogen) atoms. The summed E-state index contributed by atoms with van der Waals surface area (Å²) >= 11 is 0. The van der Waals surface area contributed by atoms with Crippen molar-refractivity contribution in [3.63, 3.8) is 0 Å². The number of hydrogen-bond donors (Lipinski definition) is 0. The number of piperidine rings is 1. The second-order valence-electron chi connectivity index (χ2n) is 4.08. The lowest BCUT2D eigenvalue weighted by atomic mass is 10.1. The van der Waals surface area contributed by atoms with Gasteiger partial charge in [0.2, 0.25) is 0 Å². The first-order valence-electron chi connectivity index (χ1n) is 5.12. The summed E-state index contributed by atoms with van der Waals surface area (Å²) in [6, 6.07) is 0. The van der Waals surface area contributed by atoms with Crippen molar-refractivity contribution in [3.05, 3.63) is 0 Å². The molecule has 0 spiro atoms. The summed E-state index contributed by atoms with van der Waals surface area (Å²) in [5.41, 5.74) is 0. The molecule has 78 valence electrons. The first kappa shape index (κ1) is 11.0. The van der Waals surface area contributed by atoms with Gasteiger partial charge in [0.25, 0.3) is 0 Å². The molecule has 0 aliphatic carbocycles. The first-order valence-corrected chi connectivity index (χ1v) is 5.12. The molecule has 1 heterocycles. The van der Waals surface area contributed by atoms with E-state index in [1.165, 1.54) is 32.5 Å². The monoisotopic (exact) mass is 186 g/mol. The van der Waals surface area contributed by atoms with Crippen molar-refractivity contribution in [3.8, 4) is 0 Å². The predicted octanol–water partition coefficient (Wildman–Crippen LogP) is 0.659. The van der Waals surface area contributed by atoms with Crippen molar-refractivity contribution in [1.82, 2.24) is 9.80 Å². The lowest BCUT2D eigenvalue weighted by Crippen LogP contribution is -2.40. The van der Waals surface area contributed by atoms with Crippen LogP contribution in [0, 0.1) is 0 Å². The smallest absolute Gasteiger partial charge is 0.0595 e. The molecule has 0 saturated carbocycles. The standard InChI is InChI=1S/C10H22N2O/c1-11(2)8-9-12-6-4-10(13-3)5-7-12/h10H,4-9H2,1-3H3. The Morgan fingerprint density at radius 3 is 2.38 bits per heavy atom. The summed E-state index contributed by atoms with van der Waals surface area (Å²) in [4.78, 5) is 4.76. The molecule has 0 amide bonds. The van der Waals surface area contributed by atoms with Crippen LogP contribution in [0.5, 0.6) is 0 Å². The molecule has 3 nitrogen and oxygen atoms in total. The summed E-state index contributed by atoms with van der Waals surface area (Å²) < 4.78 is 5.33. The van der Waals surface area contributed by atoms with Crippen LogP contribution in [0.3, 0.4) is 0 Å². The van der Waals surface area contributed by atoms with Gasteiger partial charge in [0.15, 0.2) is 0 Å². The van der Waals surface area contributed by atoms with Crippen molar-refractivity contribution in [2.24, 2.45) is 0 Å². The normalized spacial score (nSPS) is 21.2. The molecule has 1 fully saturated rings. The van der Waals surface area contributed by atoms with Crippen LogP contribution in [0.25, 0.3) is 0 Å². The maximum absolute atomic E-state index is 5.33. The number of ether oxygens (including phenoxy) is 1. The number of methoxy groups -OCH3 is 1. The number of likely N-dealkylation sites (tertiary alicyclic amines) is 1. The fraction of sp³-hybridized carbons (Fsp3) is 1.00. The molecule has 1 aliphatic rings. The van der Waals surface area contributed by atoms with E-state index in [4.69, 9.17) is 4.74 Å². The van der Waals surface area contributed by atoms with Gasteiger partial charge in [-0.3, -0.25) is 0 Å². The Kier molecular flexibility index (Phi) is 4.70. The van der Waals surface area contributed by atoms with Gasteiger partial charge in [0.1, 0.15) is 0 Å². The summed E-state index contributed by atoms with van der Waals surface area (Å²) in [6.45, 7) is 4.76. The van der Waals surface area contributed by atoms with Gasteiger partial charge in [-0.1, -0.05) is 0 Å². The second kappa shape index (κ2) is 5.58. The minimum absolute atomic E-state index is 0.510. The van der Waals surface area contributed by atoms with Crippen molar-refractivity contribution in [2.75, 3.05) is 47.4 Å². The Labute approximate surface area is 81.7 Å². The van der Waals surface area contributed by atoms with E-state index >= 15 is 0 Å². The van der Waals surface area contributed by atoms with Gasteiger partial charge in [-0.05, 0) is 26.9 Å². The largest absolute Gasteiger partial charge is 0.381 e. The Morgan fingerprint density at radius 2 is 1.92 bits per heavy atom. The van der Waals surface area contributed by atoms with E-state index in [0.717, 1.165) is 6.54 Å². The van der Waals surface area contributed by atoms with Gasteiger partial charge in [0.05, 0.1) is 6.10 Å². The molecule has 1 aliphatic heterocycles. The van der Waals surface area contributed by atoms with E-state index in [0.29, 0.717) is 6.10 Å². The molecule has 1 rings (SSSR count). The molecule has 0 aromatic heterocycles. The lowest BCUT2D eigenvalue weighted by molar-refractivity contribution is 0.0396. The van der Waals surface area contributed by atoms with Crippen molar-refractivity contribution >= 4 is 0 Å². The summed E-state index contributed by atoms with van der Waals surface area (Å²) in [6.07, 6.45) is 2.91. The van der Waals surface area contributed by atoms with Crippen LogP contribution in [-0.2, 0) is 4.74 Å². The SMILES string of the molecule is COC1CCN(CCN(C)C)CC1. The van der Waals surface area contributed by atoms with E-state index in [1.54, 1.807) is 0 Å². The quantitative estimate of drug-likeness (QED) is 0.641. The first-order chi connectivity index (χ1) is 6.22. The van der Waals surface area contributed by atoms with Gasteiger partial charge in [-0.15, -0.1) is 0 Å². The maximum Gasteiger partial charge on any atom is 0.0595 e. The molecular weight excluding hydrogens is 164 g/mol. The Hall–Kier alpha value is -0.120. The van der Waals surface area contributed by atoms with Gasteiger partial charge in [0, 0.05) is 33.3 Å². The number of hydrogen-bond acceptors (Lipinski definition) is 3. The molecule has 0 unspecified atom stereocenters. The Balaban J connectivity index is 2.10. The van der Waals surface area contributed by atoms with Crippen molar-refractivity contribution in [2.45, 2.75) is 18.9 Å². The zero-order chi connectivity index (χ0) is 9.68. The summed E-state index contributed by atoms with van der Waals surface area (Å²) in [5, 5.41) is 0. The highest BCUT2D eigenvalue weighted by atomic mass is 16.5. The van der Waals surface area contributed by atoms with Gasteiger partial charge < -0.3 is 14.5 Å². The molecule has 1 saturated heterocycles. The topological polar surface area (TPSA) is 15.7 Å². The zero-order valence-corrected chi connectivity index (χ0v) is 9.12. The van der Waals surface area contributed by atoms with Crippen LogP contribution in [0.4, 0.5) is 0 Å². The fourth-order valence-electron chi connectivity index (χ4n) is 1.71. The van der Waals surface area contributed by atoms with Gasteiger partial charge >= 0.3 is 0 Å². The minimum Gasteiger partial charge on any atom is -0.381 e. The van der Waals surface area contributed by atoms with Crippen LogP contribution in [0.2, 0.25) is 0 Å². The van der Waals surface area contributed by atoms with E-state index in [2.05, 4.69) is 23.9 Å². The Morgan fingerprint density at radius 1 is 1.31 bits per heavy atom. The molecule has 0 radical (unpaired) electrons. The third kappa shape index (κ3) is 4.07. The molecular formula is C10H22N2O. The second-order valence-corrected chi connectivity index (χ2v) is 4.08. The van der Waals surface area contributed by atoms with Crippen LogP contribution < -0.4 is 0 Å². The van der Waals surface area contributed by atoms with E-state index in [1.807, 2.05) is 7.11 Å². The lowest BCUT2D eigenvalue weighted by Gasteiger charge is -2.31. The van der Waals surface area contributed by atoms with E-state index < -0.39 is 0 Å². The van der Waals surface area contributed by atoms with Crippen molar-refractivity contribution in [1.29, 1.82) is 0 Å². The third-order valence-electron chi connectivity index (χ3n) is 2.73. The third-order valence-corrected chi connectivity index (χ3v) is 2.73. The van der Waals surface area contributed by atoms with Crippen LogP contribution in [0.15, 0.2) is 0 Å². The molecule has 3 heteroatoms. The van der Waals surface area contributed by atoms with Gasteiger partial charge in [-0.2, -0.15) is 0 Å².